The molecule has 0 aliphatic carbocycles. The molecule has 2 rings (SSSR count). The highest BCUT2D eigenvalue weighted by atomic mass is 19.3. The summed E-state index contributed by atoms with van der Waals surface area (Å²) < 4.78 is 40.0. The Labute approximate surface area is 157 Å². The SMILES string of the molecule is CN=C(NCc1cccc(OCC(F)F)c1)Nc1ccc(OC)c(OC)c1. The van der Waals surface area contributed by atoms with Crippen LogP contribution in [0.5, 0.6) is 17.2 Å². The van der Waals surface area contributed by atoms with Gasteiger partial charge in [-0.05, 0) is 29.8 Å². The normalized spacial score (nSPS) is 11.3. The van der Waals surface area contributed by atoms with E-state index in [1.807, 2.05) is 12.1 Å². The predicted octanol–water partition coefficient (Wildman–Crippen LogP) is 3.54. The second-order valence-corrected chi connectivity index (χ2v) is 5.47. The number of ether oxygens (including phenoxy) is 3. The zero-order valence-corrected chi connectivity index (χ0v) is 15.5. The topological polar surface area (TPSA) is 64.1 Å². The molecule has 2 aromatic rings. The van der Waals surface area contributed by atoms with Crippen molar-refractivity contribution >= 4 is 11.6 Å². The van der Waals surface area contributed by atoms with Crippen LogP contribution in [0.3, 0.4) is 0 Å². The Hall–Kier alpha value is -3.03. The van der Waals surface area contributed by atoms with Crippen molar-refractivity contribution in [2.24, 2.45) is 4.99 Å². The molecule has 0 spiro atoms. The number of methoxy groups -OCH3 is 2. The summed E-state index contributed by atoms with van der Waals surface area (Å²) in [5.74, 6) is 2.17. The number of rotatable bonds is 8. The van der Waals surface area contributed by atoms with Gasteiger partial charge in [0.25, 0.3) is 6.43 Å². The molecule has 0 saturated carbocycles. The zero-order valence-electron chi connectivity index (χ0n) is 15.5. The molecule has 6 nitrogen and oxygen atoms in total. The van der Waals surface area contributed by atoms with E-state index in [1.54, 1.807) is 51.6 Å². The van der Waals surface area contributed by atoms with Crippen LogP contribution in [0.1, 0.15) is 5.56 Å². The van der Waals surface area contributed by atoms with E-state index in [-0.39, 0.29) is 0 Å². The van der Waals surface area contributed by atoms with Crippen molar-refractivity contribution in [1.29, 1.82) is 0 Å². The van der Waals surface area contributed by atoms with Crippen LogP contribution in [0.4, 0.5) is 14.5 Å². The molecular weight excluding hydrogens is 356 g/mol. The van der Waals surface area contributed by atoms with Crippen LogP contribution < -0.4 is 24.8 Å². The predicted molar refractivity (Wildman–Crippen MR) is 101 cm³/mol. The highest BCUT2D eigenvalue weighted by molar-refractivity contribution is 5.93. The number of alkyl halides is 2. The largest absolute Gasteiger partial charge is 0.493 e. The Morgan fingerprint density at radius 1 is 1.07 bits per heavy atom. The fraction of sp³-hybridized carbons (Fsp3) is 0.316. The molecule has 0 aliphatic rings. The monoisotopic (exact) mass is 379 g/mol. The smallest absolute Gasteiger partial charge is 0.272 e. The maximum absolute atomic E-state index is 12.3. The average Bonchev–Trinajstić information content (AvgIpc) is 2.69. The third kappa shape index (κ3) is 6.32. The lowest BCUT2D eigenvalue weighted by atomic mass is 10.2. The van der Waals surface area contributed by atoms with Crippen LogP contribution in [0.2, 0.25) is 0 Å². The number of hydrogen-bond acceptors (Lipinski definition) is 4. The molecular formula is C19H23F2N3O3. The minimum absolute atomic E-state index is 0.400. The standard InChI is InChI=1S/C19H23F2N3O3/c1-22-19(24-14-7-8-16(25-2)17(10-14)26-3)23-11-13-5-4-6-15(9-13)27-12-18(20)21/h4-10,18H,11-12H2,1-3H3,(H2,22,23,24). The van der Waals surface area contributed by atoms with Crippen LogP contribution in [-0.4, -0.2) is 40.3 Å². The van der Waals surface area contributed by atoms with Gasteiger partial charge in [-0.3, -0.25) is 4.99 Å². The van der Waals surface area contributed by atoms with Crippen LogP contribution in [0.15, 0.2) is 47.5 Å². The highest BCUT2D eigenvalue weighted by Crippen LogP contribution is 2.29. The van der Waals surface area contributed by atoms with Gasteiger partial charge in [0.15, 0.2) is 17.5 Å². The third-order valence-corrected chi connectivity index (χ3v) is 3.60. The Kier molecular flexibility index (Phi) is 7.66. The molecule has 2 aromatic carbocycles. The van der Waals surface area contributed by atoms with E-state index in [2.05, 4.69) is 15.6 Å². The van der Waals surface area contributed by atoms with Crippen molar-refractivity contribution < 1.29 is 23.0 Å². The summed E-state index contributed by atoms with van der Waals surface area (Å²) in [6, 6.07) is 12.4. The van der Waals surface area contributed by atoms with Crippen LogP contribution in [-0.2, 0) is 6.54 Å². The molecule has 8 heteroatoms. The van der Waals surface area contributed by atoms with Crippen molar-refractivity contribution in [3.8, 4) is 17.2 Å². The van der Waals surface area contributed by atoms with E-state index in [4.69, 9.17) is 14.2 Å². The number of hydrogen-bond donors (Lipinski definition) is 2. The third-order valence-electron chi connectivity index (χ3n) is 3.60. The van der Waals surface area contributed by atoms with E-state index in [0.717, 1.165) is 11.3 Å². The second kappa shape index (κ2) is 10.2. The zero-order chi connectivity index (χ0) is 19.6. The van der Waals surface area contributed by atoms with Gasteiger partial charge >= 0.3 is 0 Å². The summed E-state index contributed by atoms with van der Waals surface area (Å²) in [5, 5.41) is 6.31. The van der Waals surface area contributed by atoms with E-state index < -0.39 is 13.0 Å². The summed E-state index contributed by atoms with van der Waals surface area (Å²) in [6.07, 6.45) is -2.50. The molecule has 146 valence electrons. The van der Waals surface area contributed by atoms with Gasteiger partial charge in [-0.2, -0.15) is 0 Å². The van der Waals surface area contributed by atoms with E-state index >= 15 is 0 Å². The molecule has 0 radical (unpaired) electrons. The summed E-state index contributed by atoms with van der Waals surface area (Å²) >= 11 is 0. The quantitative estimate of drug-likeness (QED) is 0.543. The van der Waals surface area contributed by atoms with Gasteiger partial charge in [0.2, 0.25) is 0 Å². The van der Waals surface area contributed by atoms with E-state index in [9.17, 15) is 8.78 Å². The van der Waals surface area contributed by atoms with Crippen molar-refractivity contribution in [2.75, 3.05) is 33.2 Å². The lowest BCUT2D eigenvalue weighted by molar-refractivity contribution is 0.0818. The summed E-state index contributed by atoms with van der Waals surface area (Å²) in [6.45, 7) is -0.182. The van der Waals surface area contributed by atoms with E-state index in [1.165, 1.54) is 0 Å². The summed E-state index contributed by atoms with van der Waals surface area (Å²) in [7, 11) is 4.79. The molecule has 0 bridgehead atoms. The highest BCUT2D eigenvalue weighted by Gasteiger charge is 2.07. The fourth-order valence-electron chi connectivity index (χ4n) is 2.32. The minimum Gasteiger partial charge on any atom is -0.493 e. The van der Waals surface area contributed by atoms with Gasteiger partial charge in [0, 0.05) is 25.3 Å². The molecule has 0 aromatic heterocycles. The number of guanidine groups is 1. The summed E-state index contributed by atoms with van der Waals surface area (Å²) in [4.78, 5) is 4.17. The number of benzene rings is 2. The molecule has 27 heavy (non-hydrogen) atoms. The van der Waals surface area contributed by atoms with Gasteiger partial charge in [-0.25, -0.2) is 8.78 Å². The Morgan fingerprint density at radius 2 is 1.85 bits per heavy atom. The van der Waals surface area contributed by atoms with Gasteiger partial charge in [0.05, 0.1) is 14.2 Å². The molecule has 0 unspecified atom stereocenters. The number of aliphatic imine (C=N–C) groups is 1. The number of halogens is 2. The van der Waals surface area contributed by atoms with Crippen molar-refractivity contribution in [2.45, 2.75) is 13.0 Å². The molecule has 0 aliphatic heterocycles. The minimum atomic E-state index is -2.50. The van der Waals surface area contributed by atoms with Crippen LogP contribution in [0.25, 0.3) is 0 Å². The second-order valence-electron chi connectivity index (χ2n) is 5.47. The molecule has 2 N–H and O–H groups in total. The lowest BCUT2D eigenvalue weighted by Gasteiger charge is -2.14. The molecule has 0 fully saturated rings. The number of nitrogens with one attached hydrogen (secondary N) is 2. The molecule has 0 atom stereocenters. The van der Waals surface area contributed by atoms with Crippen LogP contribution in [0, 0.1) is 0 Å². The Bertz CT molecular complexity index is 770. The maximum atomic E-state index is 12.3. The van der Waals surface area contributed by atoms with Gasteiger partial charge in [-0.1, -0.05) is 12.1 Å². The molecule has 0 amide bonds. The van der Waals surface area contributed by atoms with Gasteiger partial charge in [-0.15, -0.1) is 0 Å². The van der Waals surface area contributed by atoms with E-state index in [0.29, 0.717) is 29.8 Å². The first-order chi connectivity index (χ1) is 13.0. The first-order valence-corrected chi connectivity index (χ1v) is 8.25. The average molecular weight is 379 g/mol. The van der Waals surface area contributed by atoms with Gasteiger partial charge in [0.1, 0.15) is 12.4 Å². The maximum Gasteiger partial charge on any atom is 0.272 e. The number of anilines is 1. The van der Waals surface area contributed by atoms with Crippen molar-refractivity contribution in [3.63, 3.8) is 0 Å². The molecule has 0 heterocycles. The van der Waals surface area contributed by atoms with Gasteiger partial charge < -0.3 is 24.8 Å². The first kappa shape index (κ1) is 20.3. The number of nitrogens with zero attached hydrogens (tertiary/aromatic N) is 1. The fourth-order valence-corrected chi connectivity index (χ4v) is 2.32. The summed E-state index contributed by atoms with van der Waals surface area (Å²) in [5.41, 5.74) is 1.65. The van der Waals surface area contributed by atoms with Crippen LogP contribution >= 0.6 is 0 Å². The first-order valence-electron chi connectivity index (χ1n) is 8.25. The van der Waals surface area contributed by atoms with Crippen molar-refractivity contribution in [1.82, 2.24) is 5.32 Å². The molecule has 0 saturated heterocycles. The Balaban J connectivity index is 1.97. The Morgan fingerprint density at radius 3 is 2.52 bits per heavy atom. The lowest BCUT2D eigenvalue weighted by Crippen LogP contribution is -2.30. The van der Waals surface area contributed by atoms with Crippen molar-refractivity contribution in [3.05, 3.63) is 48.0 Å².